The maximum absolute atomic E-state index is 5.36. The number of anilines is 2. The quantitative estimate of drug-likeness (QED) is 0.921. The Morgan fingerprint density at radius 3 is 2.90 bits per heavy atom. The van der Waals surface area contributed by atoms with Crippen molar-refractivity contribution in [3.63, 3.8) is 0 Å². The molecule has 0 atom stereocenters. The molecule has 21 heavy (non-hydrogen) atoms. The van der Waals surface area contributed by atoms with Gasteiger partial charge in [0.1, 0.15) is 18.0 Å². The summed E-state index contributed by atoms with van der Waals surface area (Å²) in [5.41, 5.74) is 2.21. The van der Waals surface area contributed by atoms with Gasteiger partial charge in [-0.2, -0.15) is 0 Å². The van der Waals surface area contributed by atoms with E-state index in [-0.39, 0.29) is 0 Å². The van der Waals surface area contributed by atoms with Gasteiger partial charge < -0.3 is 15.0 Å². The van der Waals surface area contributed by atoms with Gasteiger partial charge in [-0.15, -0.1) is 0 Å². The van der Waals surface area contributed by atoms with Gasteiger partial charge >= 0.3 is 0 Å². The number of rotatable bonds is 4. The number of pyridine rings is 1. The molecule has 0 aromatic carbocycles. The van der Waals surface area contributed by atoms with Crippen LogP contribution in [0, 0.1) is 6.92 Å². The summed E-state index contributed by atoms with van der Waals surface area (Å²) in [5.74, 6) is 1.75. The summed E-state index contributed by atoms with van der Waals surface area (Å²) in [6, 6.07) is 5.98. The van der Waals surface area contributed by atoms with Crippen molar-refractivity contribution in [1.29, 1.82) is 0 Å². The van der Waals surface area contributed by atoms with Gasteiger partial charge in [-0.25, -0.2) is 9.97 Å². The van der Waals surface area contributed by atoms with Gasteiger partial charge in [-0.05, 0) is 18.6 Å². The number of aryl methyl sites for hydroxylation is 1. The van der Waals surface area contributed by atoms with Crippen LogP contribution in [0.2, 0.25) is 0 Å². The molecule has 0 unspecified atom stereocenters. The molecule has 2 aromatic rings. The average Bonchev–Trinajstić information content (AvgIpc) is 2.55. The minimum absolute atomic E-state index is 0.659. The second kappa shape index (κ2) is 6.49. The number of ether oxygens (including phenoxy) is 1. The number of aromatic nitrogens is 3. The summed E-state index contributed by atoms with van der Waals surface area (Å²) in [5, 5.41) is 3.31. The summed E-state index contributed by atoms with van der Waals surface area (Å²) in [6.07, 6.45) is 3.40. The molecule has 0 saturated carbocycles. The van der Waals surface area contributed by atoms with Crippen LogP contribution in [0.1, 0.15) is 11.3 Å². The molecule has 1 N–H and O–H groups in total. The van der Waals surface area contributed by atoms with E-state index < -0.39 is 0 Å². The lowest BCUT2D eigenvalue weighted by atomic mass is 10.2. The molecular weight excluding hydrogens is 266 g/mol. The van der Waals surface area contributed by atoms with Crippen LogP contribution in [0.15, 0.2) is 30.7 Å². The molecule has 1 fully saturated rings. The van der Waals surface area contributed by atoms with E-state index in [2.05, 4.69) is 38.2 Å². The molecule has 110 valence electrons. The minimum Gasteiger partial charge on any atom is -0.378 e. The molecule has 0 spiro atoms. The fourth-order valence-corrected chi connectivity index (χ4v) is 2.29. The largest absolute Gasteiger partial charge is 0.378 e. The van der Waals surface area contributed by atoms with Gasteiger partial charge in [0.2, 0.25) is 0 Å². The predicted octanol–water partition coefficient (Wildman–Crippen LogP) is 1.63. The molecule has 1 aliphatic rings. The lowest BCUT2D eigenvalue weighted by molar-refractivity contribution is 0.122. The van der Waals surface area contributed by atoms with E-state index in [1.165, 1.54) is 5.56 Å². The molecule has 6 heteroatoms. The summed E-state index contributed by atoms with van der Waals surface area (Å²) < 4.78 is 5.36. The Morgan fingerprint density at radius 2 is 2.10 bits per heavy atom. The lowest BCUT2D eigenvalue weighted by Gasteiger charge is -2.27. The van der Waals surface area contributed by atoms with E-state index in [1.807, 2.05) is 18.3 Å². The summed E-state index contributed by atoms with van der Waals surface area (Å²) in [7, 11) is 0. The molecule has 0 bridgehead atoms. The molecule has 0 amide bonds. The maximum atomic E-state index is 5.36. The van der Waals surface area contributed by atoms with E-state index in [9.17, 15) is 0 Å². The highest BCUT2D eigenvalue weighted by Gasteiger charge is 2.13. The summed E-state index contributed by atoms with van der Waals surface area (Å²) in [4.78, 5) is 15.2. The van der Waals surface area contributed by atoms with Gasteiger partial charge in [-0.1, -0.05) is 6.07 Å². The van der Waals surface area contributed by atoms with Gasteiger partial charge in [0.15, 0.2) is 0 Å². The normalized spacial score (nSPS) is 15.0. The van der Waals surface area contributed by atoms with Crippen LogP contribution >= 0.6 is 0 Å². The zero-order valence-electron chi connectivity index (χ0n) is 12.1. The van der Waals surface area contributed by atoms with Crippen molar-refractivity contribution in [2.75, 3.05) is 36.5 Å². The highest BCUT2D eigenvalue weighted by molar-refractivity contribution is 5.48. The van der Waals surface area contributed by atoms with Gasteiger partial charge in [0.25, 0.3) is 0 Å². The van der Waals surface area contributed by atoms with Crippen LogP contribution in [0.25, 0.3) is 0 Å². The Bertz CT molecular complexity index is 598. The Balaban J connectivity index is 1.67. The second-order valence-electron chi connectivity index (χ2n) is 4.98. The van der Waals surface area contributed by atoms with Gasteiger partial charge in [0.05, 0.1) is 25.5 Å². The Kier molecular flexibility index (Phi) is 4.25. The maximum Gasteiger partial charge on any atom is 0.134 e. The van der Waals surface area contributed by atoms with Crippen molar-refractivity contribution >= 4 is 11.6 Å². The van der Waals surface area contributed by atoms with Gasteiger partial charge in [0, 0.05) is 25.4 Å². The zero-order valence-corrected chi connectivity index (χ0v) is 12.1. The molecule has 3 rings (SSSR count). The highest BCUT2D eigenvalue weighted by atomic mass is 16.5. The average molecular weight is 285 g/mol. The third-order valence-corrected chi connectivity index (χ3v) is 3.54. The first-order valence-corrected chi connectivity index (χ1v) is 7.12. The Hall–Kier alpha value is -2.21. The monoisotopic (exact) mass is 285 g/mol. The molecule has 1 saturated heterocycles. The van der Waals surface area contributed by atoms with Crippen LogP contribution in [-0.4, -0.2) is 41.3 Å². The fraction of sp³-hybridized carbons (Fsp3) is 0.400. The third-order valence-electron chi connectivity index (χ3n) is 3.54. The van der Waals surface area contributed by atoms with E-state index in [0.717, 1.165) is 43.6 Å². The first-order valence-electron chi connectivity index (χ1n) is 7.12. The standard InChI is InChI=1S/C15H19N5O/c1-12-3-2-4-16-13(12)10-17-14-9-15(19-11-18-14)20-5-7-21-8-6-20/h2-4,9,11H,5-8,10H2,1H3,(H,17,18,19). The fourth-order valence-electron chi connectivity index (χ4n) is 2.29. The van der Waals surface area contributed by atoms with Crippen LogP contribution in [0.3, 0.4) is 0 Å². The van der Waals surface area contributed by atoms with E-state index in [1.54, 1.807) is 6.33 Å². The molecule has 2 aromatic heterocycles. The molecule has 1 aliphatic heterocycles. The number of hydrogen-bond acceptors (Lipinski definition) is 6. The molecular formula is C15H19N5O. The van der Waals surface area contributed by atoms with E-state index in [4.69, 9.17) is 4.74 Å². The van der Waals surface area contributed by atoms with Crippen molar-refractivity contribution in [3.05, 3.63) is 42.0 Å². The van der Waals surface area contributed by atoms with Crippen molar-refractivity contribution in [2.45, 2.75) is 13.5 Å². The highest BCUT2D eigenvalue weighted by Crippen LogP contribution is 2.16. The zero-order chi connectivity index (χ0) is 14.5. The van der Waals surface area contributed by atoms with Gasteiger partial charge in [-0.3, -0.25) is 4.98 Å². The topological polar surface area (TPSA) is 63.2 Å². The van der Waals surface area contributed by atoms with Crippen LogP contribution in [0.4, 0.5) is 11.6 Å². The summed E-state index contributed by atoms with van der Waals surface area (Å²) in [6.45, 7) is 5.96. The number of hydrogen-bond donors (Lipinski definition) is 1. The SMILES string of the molecule is Cc1cccnc1CNc1cc(N2CCOCC2)ncn1. The van der Waals surface area contributed by atoms with E-state index >= 15 is 0 Å². The molecule has 0 radical (unpaired) electrons. The predicted molar refractivity (Wildman–Crippen MR) is 81.4 cm³/mol. The van der Waals surface area contributed by atoms with E-state index in [0.29, 0.717) is 6.54 Å². The van der Waals surface area contributed by atoms with Crippen molar-refractivity contribution in [2.24, 2.45) is 0 Å². The first kappa shape index (κ1) is 13.8. The third kappa shape index (κ3) is 3.46. The lowest BCUT2D eigenvalue weighted by Crippen LogP contribution is -2.36. The molecule has 3 heterocycles. The van der Waals surface area contributed by atoms with Crippen LogP contribution < -0.4 is 10.2 Å². The van der Waals surface area contributed by atoms with Crippen molar-refractivity contribution < 1.29 is 4.74 Å². The first-order chi connectivity index (χ1) is 10.3. The number of nitrogens with zero attached hydrogens (tertiary/aromatic N) is 4. The Morgan fingerprint density at radius 1 is 1.24 bits per heavy atom. The van der Waals surface area contributed by atoms with Crippen LogP contribution in [0.5, 0.6) is 0 Å². The number of nitrogens with one attached hydrogen (secondary N) is 1. The van der Waals surface area contributed by atoms with Crippen LogP contribution in [-0.2, 0) is 11.3 Å². The second-order valence-corrected chi connectivity index (χ2v) is 4.98. The minimum atomic E-state index is 0.659. The van der Waals surface area contributed by atoms with Crippen molar-refractivity contribution in [3.8, 4) is 0 Å². The smallest absolute Gasteiger partial charge is 0.134 e. The molecule has 0 aliphatic carbocycles. The molecule has 6 nitrogen and oxygen atoms in total. The van der Waals surface area contributed by atoms with Crippen molar-refractivity contribution in [1.82, 2.24) is 15.0 Å². The summed E-state index contributed by atoms with van der Waals surface area (Å²) >= 11 is 0. The number of morpholine rings is 1. The Labute approximate surface area is 124 Å².